The predicted molar refractivity (Wildman–Crippen MR) is 117 cm³/mol. The van der Waals surface area contributed by atoms with E-state index in [-0.39, 0.29) is 5.57 Å². The van der Waals surface area contributed by atoms with Gasteiger partial charge in [0.25, 0.3) is 11.8 Å². The fourth-order valence-electron chi connectivity index (χ4n) is 2.94. The highest BCUT2D eigenvalue weighted by Gasteiger charge is 2.34. The summed E-state index contributed by atoms with van der Waals surface area (Å²) in [5, 5.41) is 2.34. The summed E-state index contributed by atoms with van der Waals surface area (Å²) in [6, 6.07) is 21.3. The van der Waals surface area contributed by atoms with Crippen molar-refractivity contribution in [1.29, 1.82) is 0 Å². The van der Waals surface area contributed by atoms with Crippen LogP contribution in [0, 0.1) is 0 Å². The van der Waals surface area contributed by atoms with Gasteiger partial charge in [-0.05, 0) is 48.0 Å². The molecule has 1 heterocycles. The minimum Gasteiger partial charge on any atom is -0.489 e. The molecule has 1 fully saturated rings. The van der Waals surface area contributed by atoms with Gasteiger partial charge >= 0.3 is 0 Å². The normalized spacial score (nSPS) is 14.9. The van der Waals surface area contributed by atoms with Crippen molar-refractivity contribution < 1.29 is 14.3 Å². The molecule has 0 unspecified atom stereocenters. The van der Waals surface area contributed by atoms with Gasteiger partial charge in [-0.2, -0.15) is 0 Å². The van der Waals surface area contributed by atoms with Gasteiger partial charge in [0.2, 0.25) is 0 Å². The first-order valence-electron chi connectivity index (χ1n) is 9.10. The highest BCUT2D eigenvalue weighted by molar-refractivity contribution is 6.35. The van der Waals surface area contributed by atoms with Gasteiger partial charge in [-0.25, -0.2) is 5.01 Å². The molecule has 2 amide bonds. The molecule has 150 valence electrons. The zero-order chi connectivity index (χ0) is 21.1. The third-order valence-corrected chi connectivity index (χ3v) is 5.09. The molecule has 1 saturated heterocycles. The minimum absolute atomic E-state index is 0.0699. The molecular formula is C23H16Cl2N2O3. The summed E-state index contributed by atoms with van der Waals surface area (Å²) in [6.45, 7) is 0.295. The third kappa shape index (κ3) is 4.32. The standard InChI is InChI=1S/C23H16Cl2N2O3/c24-17-9-8-16(21(25)13-17)14-30-19-10-6-15(7-11-19)12-20-22(28)26-27(23(20)29)18-4-2-1-3-5-18/h1-13H,14H2,(H,26,28)/b20-12-. The van der Waals surface area contributed by atoms with Gasteiger partial charge < -0.3 is 4.74 Å². The molecule has 4 rings (SSSR count). The number of amides is 2. The second-order valence-corrected chi connectivity index (χ2v) is 7.41. The van der Waals surface area contributed by atoms with Crippen LogP contribution in [-0.2, 0) is 16.2 Å². The smallest absolute Gasteiger partial charge is 0.282 e. The summed E-state index contributed by atoms with van der Waals surface area (Å²) in [6.07, 6.45) is 1.56. The van der Waals surface area contributed by atoms with Crippen molar-refractivity contribution in [2.24, 2.45) is 0 Å². The van der Waals surface area contributed by atoms with E-state index in [1.165, 1.54) is 5.01 Å². The maximum absolute atomic E-state index is 12.6. The summed E-state index contributed by atoms with van der Waals surface area (Å²) in [5.41, 5.74) is 4.78. The fourth-order valence-corrected chi connectivity index (χ4v) is 3.41. The Morgan fingerprint density at radius 2 is 1.67 bits per heavy atom. The van der Waals surface area contributed by atoms with Crippen LogP contribution in [0.4, 0.5) is 5.69 Å². The highest BCUT2D eigenvalue weighted by Crippen LogP contribution is 2.24. The highest BCUT2D eigenvalue weighted by atomic mass is 35.5. The summed E-state index contributed by atoms with van der Waals surface area (Å²) < 4.78 is 5.75. The zero-order valence-corrected chi connectivity index (χ0v) is 17.2. The molecule has 0 radical (unpaired) electrons. The molecule has 0 bridgehead atoms. The van der Waals surface area contributed by atoms with E-state index >= 15 is 0 Å². The first-order valence-corrected chi connectivity index (χ1v) is 9.86. The molecule has 3 aromatic carbocycles. The van der Waals surface area contributed by atoms with Crippen LogP contribution in [0.2, 0.25) is 10.0 Å². The first-order chi connectivity index (χ1) is 14.5. The molecule has 7 heteroatoms. The second kappa shape index (κ2) is 8.61. The van der Waals surface area contributed by atoms with Crippen molar-refractivity contribution in [1.82, 2.24) is 5.43 Å². The largest absolute Gasteiger partial charge is 0.489 e. The summed E-state index contributed by atoms with van der Waals surface area (Å²) >= 11 is 12.1. The number of para-hydroxylation sites is 1. The number of ether oxygens (including phenoxy) is 1. The average molecular weight is 439 g/mol. The van der Waals surface area contributed by atoms with E-state index in [9.17, 15) is 9.59 Å². The van der Waals surface area contributed by atoms with Crippen molar-refractivity contribution in [2.45, 2.75) is 6.61 Å². The Labute approximate surface area is 183 Å². The monoisotopic (exact) mass is 438 g/mol. The van der Waals surface area contributed by atoms with Crippen LogP contribution in [0.25, 0.3) is 6.08 Å². The molecule has 0 atom stereocenters. The van der Waals surface area contributed by atoms with Crippen molar-refractivity contribution >= 4 is 46.8 Å². The van der Waals surface area contributed by atoms with E-state index < -0.39 is 11.8 Å². The van der Waals surface area contributed by atoms with Crippen molar-refractivity contribution in [2.75, 3.05) is 5.01 Å². The predicted octanol–water partition coefficient (Wildman–Crippen LogP) is 5.03. The number of nitrogens with one attached hydrogen (secondary N) is 1. The molecule has 0 saturated carbocycles. The number of rotatable bonds is 5. The van der Waals surface area contributed by atoms with Gasteiger partial charge in [-0.15, -0.1) is 0 Å². The van der Waals surface area contributed by atoms with Gasteiger partial charge in [0, 0.05) is 15.6 Å². The van der Waals surface area contributed by atoms with E-state index in [0.29, 0.717) is 33.7 Å². The van der Waals surface area contributed by atoms with Crippen LogP contribution in [0.15, 0.2) is 78.4 Å². The maximum Gasteiger partial charge on any atom is 0.282 e. The van der Waals surface area contributed by atoms with E-state index in [2.05, 4.69) is 5.43 Å². The van der Waals surface area contributed by atoms with Crippen LogP contribution in [-0.4, -0.2) is 11.8 Å². The van der Waals surface area contributed by atoms with Crippen LogP contribution in [0.3, 0.4) is 0 Å². The van der Waals surface area contributed by atoms with Gasteiger partial charge in [0.05, 0.1) is 5.69 Å². The number of hydrogen-bond donors (Lipinski definition) is 1. The Morgan fingerprint density at radius 3 is 2.37 bits per heavy atom. The van der Waals surface area contributed by atoms with Crippen LogP contribution >= 0.6 is 23.2 Å². The van der Waals surface area contributed by atoms with Crippen LogP contribution < -0.4 is 15.2 Å². The Kier molecular flexibility index (Phi) is 5.74. The number of benzene rings is 3. The lowest BCUT2D eigenvalue weighted by molar-refractivity contribution is -0.117. The fraction of sp³-hybridized carbons (Fsp3) is 0.0435. The van der Waals surface area contributed by atoms with Crippen molar-refractivity contribution in [3.63, 3.8) is 0 Å². The molecule has 1 aliphatic rings. The van der Waals surface area contributed by atoms with E-state index in [0.717, 1.165) is 5.56 Å². The van der Waals surface area contributed by atoms with E-state index in [1.54, 1.807) is 66.7 Å². The lowest BCUT2D eigenvalue weighted by Crippen LogP contribution is -2.35. The summed E-state index contributed by atoms with van der Waals surface area (Å²) in [7, 11) is 0. The maximum atomic E-state index is 12.6. The second-order valence-electron chi connectivity index (χ2n) is 6.57. The molecule has 0 aliphatic carbocycles. The third-order valence-electron chi connectivity index (χ3n) is 4.51. The molecule has 1 aliphatic heterocycles. The summed E-state index contributed by atoms with van der Waals surface area (Å²) in [5.74, 6) is -0.207. The number of nitrogens with zero attached hydrogens (tertiary/aromatic N) is 1. The van der Waals surface area contributed by atoms with Crippen LogP contribution in [0.1, 0.15) is 11.1 Å². The lowest BCUT2D eigenvalue weighted by Gasteiger charge is -2.13. The summed E-state index contributed by atoms with van der Waals surface area (Å²) in [4.78, 5) is 24.9. The number of hydrogen-bond acceptors (Lipinski definition) is 3. The van der Waals surface area contributed by atoms with E-state index in [4.69, 9.17) is 27.9 Å². The number of halogens is 2. The van der Waals surface area contributed by atoms with E-state index in [1.807, 2.05) is 12.1 Å². The van der Waals surface area contributed by atoms with Crippen molar-refractivity contribution in [3.8, 4) is 5.75 Å². The molecule has 1 N–H and O–H groups in total. The van der Waals surface area contributed by atoms with Crippen molar-refractivity contribution in [3.05, 3.63) is 99.5 Å². The molecule has 0 spiro atoms. The molecule has 0 aromatic heterocycles. The van der Waals surface area contributed by atoms with Gasteiger partial charge in [0.15, 0.2) is 0 Å². The topological polar surface area (TPSA) is 58.6 Å². The van der Waals surface area contributed by atoms with Gasteiger partial charge in [-0.1, -0.05) is 59.6 Å². The quantitative estimate of drug-likeness (QED) is 0.448. The number of carbonyl (C=O) groups excluding carboxylic acids is 2. The Morgan fingerprint density at radius 1 is 0.933 bits per heavy atom. The van der Waals surface area contributed by atoms with Gasteiger partial charge in [0.1, 0.15) is 17.9 Å². The molecular weight excluding hydrogens is 423 g/mol. The SMILES string of the molecule is O=C1NN(c2ccccc2)C(=O)/C1=C\c1ccc(OCc2ccc(Cl)cc2Cl)cc1. The lowest BCUT2D eigenvalue weighted by atomic mass is 10.1. The zero-order valence-electron chi connectivity index (χ0n) is 15.6. The molecule has 3 aromatic rings. The molecule has 30 heavy (non-hydrogen) atoms. The van der Waals surface area contributed by atoms with Gasteiger partial charge in [-0.3, -0.25) is 15.0 Å². The average Bonchev–Trinajstić information content (AvgIpc) is 3.03. The first kappa shape index (κ1) is 20.0. The Bertz CT molecular complexity index is 1130. The number of anilines is 1. The van der Waals surface area contributed by atoms with Crippen LogP contribution in [0.5, 0.6) is 5.75 Å². The number of carbonyl (C=O) groups is 2. The Balaban J connectivity index is 1.45. The Hall–Kier alpha value is -3.28. The number of hydrazine groups is 1. The minimum atomic E-state index is -0.443. The molecule has 5 nitrogen and oxygen atoms in total.